The van der Waals surface area contributed by atoms with Crippen LogP contribution in [0.1, 0.15) is 19.8 Å². The molecular formula is C10H22N2O. The van der Waals surface area contributed by atoms with Gasteiger partial charge in [0, 0.05) is 19.2 Å². The van der Waals surface area contributed by atoms with Crippen LogP contribution in [0.3, 0.4) is 0 Å². The molecule has 0 aromatic heterocycles. The number of piperidine rings is 1. The molecule has 1 aliphatic heterocycles. The molecule has 0 aliphatic carbocycles. The van der Waals surface area contributed by atoms with Crippen LogP contribution in [0.15, 0.2) is 0 Å². The van der Waals surface area contributed by atoms with E-state index in [0.29, 0.717) is 12.1 Å². The van der Waals surface area contributed by atoms with Crippen molar-refractivity contribution in [1.82, 2.24) is 10.2 Å². The van der Waals surface area contributed by atoms with Gasteiger partial charge in [-0.3, -0.25) is 0 Å². The van der Waals surface area contributed by atoms with Crippen LogP contribution in [0.4, 0.5) is 0 Å². The van der Waals surface area contributed by atoms with E-state index in [0.717, 1.165) is 6.61 Å². The lowest BCUT2D eigenvalue weighted by molar-refractivity contribution is 0.153. The third-order valence-electron chi connectivity index (χ3n) is 2.66. The van der Waals surface area contributed by atoms with Crippen LogP contribution < -0.4 is 5.32 Å². The van der Waals surface area contributed by atoms with E-state index in [-0.39, 0.29) is 0 Å². The van der Waals surface area contributed by atoms with E-state index in [1.807, 2.05) is 0 Å². The Bertz CT molecular complexity index is 133. The van der Waals surface area contributed by atoms with Crippen LogP contribution in [0.2, 0.25) is 0 Å². The molecule has 13 heavy (non-hydrogen) atoms. The molecule has 1 saturated heterocycles. The SMILES string of the molecule is COC[C@H](C)NC1CCN(C)CC1. The van der Waals surface area contributed by atoms with Crippen molar-refractivity contribution in [3.05, 3.63) is 0 Å². The van der Waals surface area contributed by atoms with Gasteiger partial charge in [-0.2, -0.15) is 0 Å². The number of nitrogens with one attached hydrogen (secondary N) is 1. The van der Waals surface area contributed by atoms with Gasteiger partial charge in [0.15, 0.2) is 0 Å². The number of ether oxygens (including phenoxy) is 1. The molecule has 0 bridgehead atoms. The van der Waals surface area contributed by atoms with Gasteiger partial charge in [-0.1, -0.05) is 0 Å². The molecule has 1 aliphatic rings. The Hall–Kier alpha value is -0.120. The van der Waals surface area contributed by atoms with Crippen LogP contribution in [-0.2, 0) is 4.74 Å². The number of rotatable bonds is 4. The summed E-state index contributed by atoms with van der Waals surface area (Å²) in [5.41, 5.74) is 0. The van der Waals surface area contributed by atoms with E-state index in [9.17, 15) is 0 Å². The average molecular weight is 186 g/mol. The Balaban J connectivity index is 2.14. The Labute approximate surface area is 81.4 Å². The van der Waals surface area contributed by atoms with Gasteiger partial charge in [0.05, 0.1) is 6.61 Å². The smallest absolute Gasteiger partial charge is 0.0613 e. The van der Waals surface area contributed by atoms with E-state index >= 15 is 0 Å². The van der Waals surface area contributed by atoms with Crippen molar-refractivity contribution in [2.75, 3.05) is 33.9 Å². The monoisotopic (exact) mass is 186 g/mol. The lowest BCUT2D eigenvalue weighted by atomic mass is 10.0. The zero-order valence-electron chi connectivity index (χ0n) is 9.05. The van der Waals surface area contributed by atoms with Crippen molar-refractivity contribution in [1.29, 1.82) is 0 Å². The minimum Gasteiger partial charge on any atom is -0.383 e. The van der Waals surface area contributed by atoms with E-state index < -0.39 is 0 Å². The zero-order chi connectivity index (χ0) is 9.68. The number of nitrogens with zero attached hydrogens (tertiary/aromatic N) is 1. The van der Waals surface area contributed by atoms with Gasteiger partial charge in [0.2, 0.25) is 0 Å². The highest BCUT2D eigenvalue weighted by atomic mass is 16.5. The molecule has 0 radical (unpaired) electrons. The van der Waals surface area contributed by atoms with Gasteiger partial charge < -0.3 is 15.0 Å². The third kappa shape index (κ3) is 4.07. The second kappa shape index (κ2) is 5.58. The summed E-state index contributed by atoms with van der Waals surface area (Å²) in [4.78, 5) is 2.39. The molecule has 3 heteroatoms. The first-order valence-corrected chi connectivity index (χ1v) is 5.16. The van der Waals surface area contributed by atoms with Crippen molar-refractivity contribution in [2.24, 2.45) is 0 Å². The highest BCUT2D eigenvalue weighted by Gasteiger charge is 2.17. The minimum atomic E-state index is 0.485. The molecule has 1 fully saturated rings. The molecule has 0 amide bonds. The van der Waals surface area contributed by atoms with Gasteiger partial charge in [-0.05, 0) is 39.9 Å². The van der Waals surface area contributed by atoms with E-state index in [1.165, 1.54) is 25.9 Å². The highest BCUT2D eigenvalue weighted by molar-refractivity contribution is 4.77. The highest BCUT2D eigenvalue weighted by Crippen LogP contribution is 2.08. The molecule has 0 unspecified atom stereocenters. The van der Waals surface area contributed by atoms with Gasteiger partial charge in [-0.25, -0.2) is 0 Å². The molecule has 0 spiro atoms. The Morgan fingerprint density at radius 3 is 2.62 bits per heavy atom. The van der Waals surface area contributed by atoms with Crippen molar-refractivity contribution < 1.29 is 4.74 Å². The largest absolute Gasteiger partial charge is 0.383 e. The van der Waals surface area contributed by atoms with E-state index in [1.54, 1.807) is 7.11 Å². The van der Waals surface area contributed by atoms with Crippen LogP contribution in [0.5, 0.6) is 0 Å². The molecule has 78 valence electrons. The van der Waals surface area contributed by atoms with Crippen LogP contribution in [0, 0.1) is 0 Å². The molecule has 0 aromatic rings. The summed E-state index contributed by atoms with van der Waals surface area (Å²) in [6.45, 7) is 5.43. The maximum absolute atomic E-state index is 5.09. The Kier molecular flexibility index (Phi) is 4.70. The fourth-order valence-electron chi connectivity index (χ4n) is 1.88. The number of likely N-dealkylation sites (tertiary alicyclic amines) is 1. The van der Waals surface area contributed by atoms with Gasteiger partial charge >= 0.3 is 0 Å². The van der Waals surface area contributed by atoms with Crippen molar-refractivity contribution in [3.63, 3.8) is 0 Å². The van der Waals surface area contributed by atoms with Crippen LogP contribution in [0.25, 0.3) is 0 Å². The normalized spacial score (nSPS) is 23.3. The molecule has 1 atom stereocenters. The first-order chi connectivity index (χ1) is 6.22. The predicted molar refractivity (Wildman–Crippen MR) is 55.0 cm³/mol. The molecule has 1 rings (SSSR count). The van der Waals surface area contributed by atoms with Crippen molar-refractivity contribution in [2.45, 2.75) is 31.8 Å². The lowest BCUT2D eigenvalue weighted by Gasteiger charge is -2.31. The van der Waals surface area contributed by atoms with E-state index in [4.69, 9.17) is 4.74 Å². The van der Waals surface area contributed by atoms with Crippen molar-refractivity contribution in [3.8, 4) is 0 Å². The van der Waals surface area contributed by atoms with Gasteiger partial charge in [0.1, 0.15) is 0 Å². The Morgan fingerprint density at radius 2 is 2.08 bits per heavy atom. The van der Waals surface area contributed by atoms with Gasteiger partial charge in [-0.15, -0.1) is 0 Å². The van der Waals surface area contributed by atoms with Gasteiger partial charge in [0.25, 0.3) is 0 Å². The number of methoxy groups -OCH3 is 1. The van der Waals surface area contributed by atoms with Crippen LogP contribution >= 0.6 is 0 Å². The predicted octanol–water partition coefficient (Wildman–Crippen LogP) is 0.705. The summed E-state index contributed by atoms with van der Waals surface area (Å²) < 4.78 is 5.09. The maximum atomic E-state index is 5.09. The topological polar surface area (TPSA) is 24.5 Å². The summed E-state index contributed by atoms with van der Waals surface area (Å²) >= 11 is 0. The molecule has 3 nitrogen and oxygen atoms in total. The second-order valence-corrected chi connectivity index (χ2v) is 4.10. The second-order valence-electron chi connectivity index (χ2n) is 4.10. The van der Waals surface area contributed by atoms with E-state index in [2.05, 4.69) is 24.2 Å². The molecule has 1 heterocycles. The molecule has 1 N–H and O–H groups in total. The summed E-state index contributed by atoms with van der Waals surface area (Å²) in [6, 6.07) is 1.18. The summed E-state index contributed by atoms with van der Waals surface area (Å²) in [6.07, 6.45) is 2.54. The number of hydrogen-bond donors (Lipinski definition) is 1. The summed E-state index contributed by atoms with van der Waals surface area (Å²) in [5.74, 6) is 0. The lowest BCUT2D eigenvalue weighted by Crippen LogP contribution is -2.45. The third-order valence-corrected chi connectivity index (χ3v) is 2.66. The first kappa shape index (κ1) is 11.0. The Morgan fingerprint density at radius 1 is 1.46 bits per heavy atom. The fraction of sp³-hybridized carbons (Fsp3) is 1.00. The fourth-order valence-corrected chi connectivity index (χ4v) is 1.88. The minimum absolute atomic E-state index is 0.485. The first-order valence-electron chi connectivity index (χ1n) is 5.16. The maximum Gasteiger partial charge on any atom is 0.0613 e. The molecule has 0 aromatic carbocycles. The quantitative estimate of drug-likeness (QED) is 0.699. The summed E-state index contributed by atoms with van der Waals surface area (Å²) in [7, 11) is 3.95. The standard InChI is InChI=1S/C10H22N2O/c1-9(8-13-3)11-10-4-6-12(2)7-5-10/h9-11H,4-8H2,1-3H3/t9-/m0/s1. The average Bonchev–Trinajstić information content (AvgIpc) is 2.09. The van der Waals surface area contributed by atoms with Crippen molar-refractivity contribution >= 4 is 0 Å². The molecule has 0 saturated carbocycles. The number of hydrogen-bond acceptors (Lipinski definition) is 3. The van der Waals surface area contributed by atoms with Crippen LogP contribution in [-0.4, -0.2) is 50.8 Å². The zero-order valence-corrected chi connectivity index (χ0v) is 9.05. The molecular weight excluding hydrogens is 164 g/mol. The summed E-state index contributed by atoms with van der Waals surface area (Å²) in [5, 5.41) is 3.59.